The van der Waals surface area contributed by atoms with Gasteiger partial charge in [-0.2, -0.15) is 0 Å². The summed E-state index contributed by atoms with van der Waals surface area (Å²) in [4.78, 5) is 19.9. The molecule has 3 atom stereocenters. The molecule has 1 spiro atoms. The van der Waals surface area contributed by atoms with E-state index in [1.165, 1.54) is 4.88 Å². The quantitative estimate of drug-likeness (QED) is 0.337. The zero-order valence-electron chi connectivity index (χ0n) is 18.8. The minimum atomic E-state index is -0.683. The number of anilines is 2. The van der Waals surface area contributed by atoms with Gasteiger partial charge in [0.2, 0.25) is 5.91 Å². The first-order valence-electron chi connectivity index (χ1n) is 11.3. The highest BCUT2D eigenvalue weighted by Gasteiger charge is 2.63. The molecule has 3 heterocycles. The summed E-state index contributed by atoms with van der Waals surface area (Å²) in [6.07, 6.45) is 3.59. The van der Waals surface area contributed by atoms with Crippen molar-refractivity contribution in [1.82, 2.24) is 0 Å². The summed E-state index contributed by atoms with van der Waals surface area (Å²) >= 11 is 5.39. The number of benzene rings is 2. The van der Waals surface area contributed by atoms with E-state index < -0.39 is 5.41 Å². The van der Waals surface area contributed by atoms with Crippen molar-refractivity contribution in [3.05, 3.63) is 87.5 Å². The molecule has 5 rings (SSSR count). The molecular formula is C27H27BrN2O2S. The number of hydrogen-bond acceptors (Lipinski definition) is 4. The van der Waals surface area contributed by atoms with Gasteiger partial charge in [-0.3, -0.25) is 4.79 Å². The van der Waals surface area contributed by atoms with E-state index in [4.69, 9.17) is 4.74 Å². The van der Waals surface area contributed by atoms with E-state index in [2.05, 4.69) is 76.1 Å². The number of hydrogen-bond donors (Lipinski definition) is 0. The fraction of sp³-hybridized carbons (Fsp3) is 0.296. The minimum Gasteiger partial charge on any atom is -0.497 e. The Hall–Kier alpha value is -2.57. The number of rotatable bonds is 6. The molecule has 0 N–H and O–H groups in total. The SMILES string of the molecule is C=C[C@H]1C[C@]2(C(=O)N(CCC)c3ccc(Br)cc32)[C@@H](c2cccs2)N1c1ccc(OC)cc1. The molecule has 4 nitrogen and oxygen atoms in total. The Morgan fingerprint density at radius 1 is 1.24 bits per heavy atom. The standard InChI is InChI=1S/C27H27BrN2O2S/c1-4-14-29-23-13-8-18(28)16-22(23)27(26(29)31)17-19(5-2)30(25(27)24-7-6-15-33-24)20-9-11-21(32-3)12-10-20/h5-13,15-16,19,25H,2,4,14,17H2,1,3H3/t19-,25+,27+/m0/s1. The second-order valence-electron chi connectivity index (χ2n) is 8.62. The number of thiophene rings is 1. The number of fused-ring (bicyclic) bond motifs is 2. The van der Waals surface area contributed by atoms with Crippen molar-refractivity contribution in [3.8, 4) is 5.75 Å². The summed E-state index contributed by atoms with van der Waals surface area (Å²) < 4.78 is 6.39. The van der Waals surface area contributed by atoms with Crippen LogP contribution in [0, 0.1) is 0 Å². The lowest BCUT2D eigenvalue weighted by Gasteiger charge is -2.36. The normalized spacial score (nSPS) is 23.9. The van der Waals surface area contributed by atoms with Crippen molar-refractivity contribution in [2.75, 3.05) is 23.5 Å². The molecule has 1 saturated heterocycles. The van der Waals surface area contributed by atoms with Crippen LogP contribution in [-0.4, -0.2) is 25.6 Å². The Balaban J connectivity index is 1.75. The number of methoxy groups -OCH3 is 1. The summed E-state index contributed by atoms with van der Waals surface area (Å²) in [5.74, 6) is 1.01. The first kappa shape index (κ1) is 22.2. The van der Waals surface area contributed by atoms with Gasteiger partial charge in [0.15, 0.2) is 0 Å². The van der Waals surface area contributed by atoms with Crippen LogP contribution in [-0.2, 0) is 10.2 Å². The predicted molar refractivity (Wildman–Crippen MR) is 140 cm³/mol. The molecule has 1 aromatic heterocycles. The summed E-state index contributed by atoms with van der Waals surface area (Å²) in [6.45, 7) is 7.02. The lowest BCUT2D eigenvalue weighted by atomic mass is 9.73. The van der Waals surface area contributed by atoms with Gasteiger partial charge in [-0.15, -0.1) is 17.9 Å². The van der Waals surface area contributed by atoms with Crippen LogP contribution in [0.2, 0.25) is 0 Å². The number of carbonyl (C=O) groups excluding carboxylic acids is 1. The zero-order chi connectivity index (χ0) is 23.2. The summed E-state index contributed by atoms with van der Waals surface area (Å²) in [5, 5.41) is 2.10. The van der Waals surface area contributed by atoms with Crippen LogP contribution in [0.4, 0.5) is 11.4 Å². The number of amides is 1. The van der Waals surface area contributed by atoms with Crippen LogP contribution in [0.15, 0.2) is 77.1 Å². The molecule has 2 aromatic carbocycles. The van der Waals surface area contributed by atoms with Crippen molar-refractivity contribution in [1.29, 1.82) is 0 Å². The van der Waals surface area contributed by atoms with Crippen LogP contribution in [0.1, 0.15) is 36.2 Å². The van der Waals surface area contributed by atoms with Gasteiger partial charge >= 0.3 is 0 Å². The highest BCUT2D eigenvalue weighted by molar-refractivity contribution is 9.10. The van der Waals surface area contributed by atoms with Crippen LogP contribution < -0.4 is 14.5 Å². The van der Waals surface area contributed by atoms with Crippen molar-refractivity contribution in [3.63, 3.8) is 0 Å². The van der Waals surface area contributed by atoms with Gasteiger partial charge in [0.25, 0.3) is 0 Å². The average Bonchev–Trinajstić information content (AvgIpc) is 3.53. The highest BCUT2D eigenvalue weighted by atomic mass is 79.9. The number of nitrogens with zero attached hydrogens (tertiary/aromatic N) is 2. The monoisotopic (exact) mass is 522 g/mol. The molecule has 2 aliphatic heterocycles. The Bertz CT molecular complexity index is 1180. The molecule has 170 valence electrons. The maximum atomic E-state index is 14.4. The average molecular weight is 523 g/mol. The maximum absolute atomic E-state index is 14.4. The molecule has 6 heteroatoms. The minimum absolute atomic E-state index is 0.0165. The Morgan fingerprint density at radius 2 is 2.03 bits per heavy atom. The molecule has 33 heavy (non-hydrogen) atoms. The van der Waals surface area contributed by atoms with E-state index in [9.17, 15) is 4.79 Å². The van der Waals surface area contributed by atoms with E-state index >= 15 is 0 Å². The van der Waals surface area contributed by atoms with Gasteiger partial charge in [-0.25, -0.2) is 0 Å². The second kappa shape index (κ2) is 8.65. The smallest absolute Gasteiger partial charge is 0.240 e. The van der Waals surface area contributed by atoms with Crippen molar-refractivity contribution < 1.29 is 9.53 Å². The van der Waals surface area contributed by atoms with Crippen LogP contribution >= 0.6 is 27.3 Å². The summed E-state index contributed by atoms with van der Waals surface area (Å²) in [7, 11) is 1.68. The molecule has 1 fully saturated rings. The van der Waals surface area contributed by atoms with Crippen LogP contribution in [0.3, 0.4) is 0 Å². The topological polar surface area (TPSA) is 32.8 Å². The van der Waals surface area contributed by atoms with Crippen molar-refractivity contribution in [2.24, 2.45) is 0 Å². The molecule has 2 aliphatic rings. The van der Waals surface area contributed by atoms with E-state index in [0.29, 0.717) is 13.0 Å². The Morgan fingerprint density at radius 3 is 2.67 bits per heavy atom. The molecule has 0 saturated carbocycles. The van der Waals surface area contributed by atoms with Gasteiger partial charge in [-0.1, -0.05) is 35.0 Å². The van der Waals surface area contributed by atoms with E-state index in [1.807, 2.05) is 29.2 Å². The van der Waals surface area contributed by atoms with Gasteiger partial charge in [0, 0.05) is 33.3 Å². The van der Waals surface area contributed by atoms with E-state index in [-0.39, 0.29) is 18.0 Å². The molecule has 0 aliphatic carbocycles. The molecule has 0 unspecified atom stereocenters. The van der Waals surface area contributed by atoms with Gasteiger partial charge in [-0.05, 0) is 72.3 Å². The lowest BCUT2D eigenvalue weighted by molar-refractivity contribution is -0.123. The zero-order valence-corrected chi connectivity index (χ0v) is 21.2. The van der Waals surface area contributed by atoms with Gasteiger partial charge < -0.3 is 14.5 Å². The van der Waals surface area contributed by atoms with Gasteiger partial charge in [0.05, 0.1) is 13.2 Å². The first-order chi connectivity index (χ1) is 16.0. The molecular weight excluding hydrogens is 496 g/mol. The van der Waals surface area contributed by atoms with Crippen molar-refractivity contribution >= 4 is 44.5 Å². The van der Waals surface area contributed by atoms with E-state index in [1.54, 1.807) is 18.4 Å². The number of halogens is 1. The lowest BCUT2D eigenvalue weighted by Crippen LogP contribution is -2.44. The maximum Gasteiger partial charge on any atom is 0.240 e. The third-order valence-corrected chi connectivity index (χ3v) is 8.31. The Labute approximate surface area is 207 Å². The largest absolute Gasteiger partial charge is 0.497 e. The van der Waals surface area contributed by atoms with Crippen LogP contribution in [0.25, 0.3) is 0 Å². The second-order valence-corrected chi connectivity index (χ2v) is 10.5. The number of carbonyl (C=O) groups is 1. The predicted octanol–water partition coefficient (Wildman–Crippen LogP) is 6.72. The van der Waals surface area contributed by atoms with Gasteiger partial charge in [0.1, 0.15) is 11.2 Å². The fourth-order valence-electron chi connectivity index (χ4n) is 5.56. The van der Waals surface area contributed by atoms with E-state index in [0.717, 1.165) is 33.6 Å². The molecule has 0 radical (unpaired) electrons. The third-order valence-electron chi connectivity index (χ3n) is 6.89. The highest BCUT2D eigenvalue weighted by Crippen LogP contribution is 2.60. The number of ether oxygens (including phenoxy) is 1. The Kier molecular flexibility index (Phi) is 5.83. The molecule has 1 amide bonds. The summed E-state index contributed by atoms with van der Waals surface area (Å²) in [5.41, 5.74) is 2.52. The summed E-state index contributed by atoms with van der Waals surface area (Å²) in [6, 6.07) is 18.5. The fourth-order valence-corrected chi connectivity index (χ4v) is 6.84. The van der Waals surface area contributed by atoms with Crippen LogP contribution in [0.5, 0.6) is 5.75 Å². The first-order valence-corrected chi connectivity index (χ1v) is 12.9. The molecule has 3 aromatic rings. The molecule has 0 bridgehead atoms. The van der Waals surface area contributed by atoms with Crippen molar-refractivity contribution in [2.45, 2.75) is 37.3 Å². The third kappa shape index (κ3) is 3.34.